The standard InChI is InChI=1S/C20H25N5O2/c1-13-6-9-21-18(20(2,3)27)17(13)23-19-14-8-11-25(12-16(26)24(4)5)15(14)7-10-22-19/h6-11,27H,12H2,1-5H3,(H,22,23). The molecule has 0 unspecified atom stereocenters. The normalized spacial score (nSPS) is 11.6. The molecule has 27 heavy (non-hydrogen) atoms. The van der Waals surface area contributed by atoms with Crippen LogP contribution in [0.2, 0.25) is 0 Å². The maximum atomic E-state index is 12.1. The molecule has 0 aliphatic carbocycles. The summed E-state index contributed by atoms with van der Waals surface area (Å²) in [6.45, 7) is 5.63. The van der Waals surface area contributed by atoms with E-state index >= 15 is 0 Å². The number of aryl methyl sites for hydroxylation is 1. The van der Waals surface area contributed by atoms with E-state index in [2.05, 4.69) is 15.3 Å². The van der Waals surface area contributed by atoms with Crippen LogP contribution in [-0.2, 0) is 16.9 Å². The third-order valence-corrected chi connectivity index (χ3v) is 4.48. The monoisotopic (exact) mass is 367 g/mol. The van der Waals surface area contributed by atoms with Crippen LogP contribution < -0.4 is 5.32 Å². The highest BCUT2D eigenvalue weighted by atomic mass is 16.3. The van der Waals surface area contributed by atoms with Crippen molar-refractivity contribution in [2.45, 2.75) is 32.9 Å². The first kappa shape index (κ1) is 18.8. The van der Waals surface area contributed by atoms with E-state index in [0.717, 1.165) is 22.2 Å². The Morgan fingerprint density at radius 2 is 1.93 bits per heavy atom. The van der Waals surface area contributed by atoms with Crippen molar-refractivity contribution in [3.05, 3.63) is 48.0 Å². The van der Waals surface area contributed by atoms with Gasteiger partial charge in [0.1, 0.15) is 18.0 Å². The second kappa shape index (κ2) is 7.00. The fourth-order valence-corrected chi connectivity index (χ4v) is 2.95. The minimum atomic E-state index is -1.09. The molecule has 0 bridgehead atoms. The molecule has 0 radical (unpaired) electrons. The summed E-state index contributed by atoms with van der Waals surface area (Å²) in [6.07, 6.45) is 5.27. The van der Waals surface area contributed by atoms with Crippen LogP contribution in [0.1, 0.15) is 25.1 Å². The Labute approximate surface area is 158 Å². The number of pyridine rings is 2. The molecule has 0 atom stereocenters. The fraction of sp³-hybridized carbons (Fsp3) is 0.350. The Kier molecular flexibility index (Phi) is 4.89. The number of hydrogen-bond donors (Lipinski definition) is 2. The molecule has 3 aromatic rings. The molecule has 0 spiro atoms. The van der Waals surface area contributed by atoms with Crippen LogP contribution in [0.5, 0.6) is 0 Å². The van der Waals surface area contributed by atoms with E-state index in [4.69, 9.17) is 0 Å². The third-order valence-electron chi connectivity index (χ3n) is 4.48. The first-order valence-corrected chi connectivity index (χ1v) is 8.78. The molecule has 3 aromatic heterocycles. The van der Waals surface area contributed by atoms with Crippen LogP contribution in [0.25, 0.3) is 10.9 Å². The highest BCUT2D eigenvalue weighted by molar-refractivity contribution is 5.93. The molecule has 0 saturated carbocycles. The van der Waals surface area contributed by atoms with Crippen molar-refractivity contribution < 1.29 is 9.90 Å². The minimum absolute atomic E-state index is 0.0197. The minimum Gasteiger partial charge on any atom is -0.384 e. The maximum Gasteiger partial charge on any atom is 0.241 e. The number of anilines is 2. The van der Waals surface area contributed by atoms with Gasteiger partial charge in [0.15, 0.2) is 0 Å². The second-order valence-corrected chi connectivity index (χ2v) is 7.36. The van der Waals surface area contributed by atoms with Gasteiger partial charge in [-0.05, 0) is 44.5 Å². The zero-order valence-electron chi connectivity index (χ0n) is 16.3. The number of amides is 1. The molecule has 0 aliphatic rings. The highest BCUT2D eigenvalue weighted by Crippen LogP contribution is 2.32. The van der Waals surface area contributed by atoms with Crippen molar-refractivity contribution in [3.63, 3.8) is 0 Å². The van der Waals surface area contributed by atoms with Gasteiger partial charge < -0.3 is 19.9 Å². The highest BCUT2D eigenvalue weighted by Gasteiger charge is 2.24. The molecule has 0 aromatic carbocycles. The SMILES string of the molecule is Cc1ccnc(C(C)(C)O)c1Nc1nccc2c1ccn2CC(=O)N(C)C. The summed E-state index contributed by atoms with van der Waals surface area (Å²) in [4.78, 5) is 22.5. The smallest absolute Gasteiger partial charge is 0.241 e. The Hall–Kier alpha value is -2.93. The van der Waals surface area contributed by atoms with Crippen molar-refractivity contribution in [1.29, 1.82) is 0 Å². The van der Waals surface area contributed by atoms with E-state index in [1.165, 1.54) is 0 Å². The predicted octanol–water partition coefficient (Wildman–Crippen LogP) is 2.80. The molecule has 2 N–H and O–H groups in total. The van der Waals surface area contributed by atoms with Crippen LogP contribution in [0, 0.1) is 6.92 Å². The van der Waals surface area contributed by atoms with Crippen molar-refractivity contribution in [1.82, 2.24) is 19.4 Å². The summed E-state index contributed by atoms with van der Waals surface area (Å²) < 4.78 is 1.90. The van der Waals surface area contributed by atoms with Crippen molar-refractivity contribution in [2.24, 2.45) is 0 Å². The fourth-order valence-electron chi connectivity index (χ4n) is 2.95. The quantitative estimate of drug-likeness (QED) is 0.724. The molecular weight excluding hydrogens is 342 g/mol. The summed E-state index contributed by atoms with van der Waals surface area (Å²) in [5.41, 5.74) is 2.08. The number of fused-ring (bicyclic) bond motifs is 1. The average molecular weight is 367 g/mol. The first-order chi connectivity index (χ1) is 12.7. The Bertz CT molecular complexity index is 986. The van der Waals surface area contributed by atoms with Crippen LogP contribution in [-0.4, -0.2) is 44.5 Å². The van der Waals surface area contributed by atoms with Gasteiger partial charge in [0.05, 0.1) is 16.9 Å². The van der Waals surface area contributed by atoms with Gasteiger partial charge in [0.25, 0.3) is 0 Å². The lowest BCUT2D eigenvalue weighted by Gasteiger charge is -2.22. The number of aromatic nitrogens is 3. The molecule has 0 saturated heterocycles. The van der Waals surface area contributed by atoms with E-state index in [0.29, 0.717) is 11.5 Å². The molecule has 0 fully saturated rings. The largest absolute Gasteiger partial charge is 0.384 e. The van der Waals surface area contributed by atoms with Gasteiger partial charge in [-0.1, -0.05) is 0 Å². The lowest BCUT2D eigenvalue weighted by atomic mass is 10.0. The van der Waals surface area contributed by atoms with Crippen LogP contribution >= 0.6 is 0 Å². The predicted molar refractivity (Wildman–Crippen MR) is 106 cm³/mol. The van der Waals surface area contributed by atoms with Gasteiger partial charge in [-0.2, -0.15) is 0 Å². The lowest BCUT2D eigenvalue weighted by Crippen LogP contribution is -2.25. The van der Waals surface area contributed by atoms with Gasteiger partial charge >= 0.3 is 0 Å². The number of carbonyl (C=O) groups excluding carboxylic acids is 1. The van der Waals surface area contributed by atoms with Crippen molar-refractivity contribution >= 4 is 28.3 Å². The third kappa shape index (κ3) is 3.78. The summed E-state index contributed by atoms with van der Waals surface area (Å²) >= 11 is 0. The molecule has 142 valence electrons. The second-order valence-electron chi connectivity index (χ2n) is 7.36. The Morgan fingerprint density at radius 1 is 1.22 bits per heavy atom. The lowest BCUT2D eigenvalue weighted by molar-refractivity contribution is -0.129. The van der Waals surface area contributed by atoms with Gasteiger partial charge in [0, 0.05) is 38.1 Å². The van der Waals surface area contributed by atoms with Crippen LogP contribution in [0.15, 0.2) is 36.8 Å². The molecule has 7 nitrogen and oxygen atoms in total. The number of rotatable bonds is 5. The molecule has 3 heterocycles. The number of hydrogen-bond acceptors (Lipinski definition) is 5. The van der Waals surface area contributed by atoms with E-state index in [1.54, 1.807) is 45.2 Å². The van der Waals surface area contributed by atoms with Crippen LogP contribution in [0.3, 0.4) is 0 Å². The summed E-state index contributed by atoms with van der Waals surface area (Å²) in [5.74, 6) is 0.677. The van der Waals surface area contributed by atoms with Crippen molar-refractivity contribution in [2.75, 3.05) is 19.4 Å². The van der Waals surface area contributed by atoms with Crippen molar-refractivity contribution in [3.8, 4) is 0 Å². The number of aliphatic hydroxyl groups is 1. The van der Waals surface area contributed by atoms with E-state index in [1.807, 2.05) is 35.9 Å². The topological polar surface area (TPSA) is 83.3 Å². The average Bonchev–Trinajstić information content (AvgIpc) is 2.99. The maximum absolute atomic E-state index is 12.1. The zero-order chi connectivity index (χ0) is 19.8. The Morgan fingerprint density at radius 3 is 2.59 bits per heavy atom. The summed E-state index contributed by atoms with van der Waals surface area (Å²) in [5, 5.41) is 14.7. The van der Waals surface area contributed by atoms with Gasteiger partial charge in [-0.3, -0.25) is 9.78 Å². The number of likely N-dealkylation sites (N-methyl/N-ethyl adjacent to an activating group) is 1. The number of nitrogens with zero attached hydrogens (tertiary/aromatic N) is 4. The van der Waals surface area contributed by atoms with E-state index in [-0.39, 0.29) is 12.5 Å². The molecule has 0 aliphatic heterocycles. The summed E-state index contributed by atoms with van der Waals surface area (Å²) in [7, 11) is 3.48. The van der Waals surface area contributed by atoms with E-state index in [9.17, 15) is 9.90 Å². The van der Waals surface area contributed by atoms with Crippen LogP contribution in [0.4, 0.5) is 11.5 Å². The van der Waals surface area contributed by atoms with E-state index < -0.39 is 5.60 Å². The Balaban J connectivity index is 2.03. The molecule has 7 heteroatoms. The first-order valence-electron chi connectivity index (χ1n) is 8.78. The molecule has 3 rings (SSSR count). The van der Waals surface area contributed by atoms with Gasteiger partial charge in [-0.25, -0.2) is 4.98 Å². The number of nitrogens with one attached hydrogen (secondary N) is 1. The summed E-state index contributed by atoms with van der Waals surface area (Å²) in [6, 6.07) is 5.71. The van der Waals surface area contributed by atoms with Gasteiger partial charge in [0.2, 0.25) is 5.91 Å². The van der Waals surface area contributed by atoms with Gasteiger partial charge in [-0.15, -0.1) is 0 Å². The zero-order valence-corrected chi connectivity index (χ0v) is 16.3. The molecule has 1 amide bonds. The molecular formula is C20H25N5O2. The number of carbonyl (C=O) groups is 1.